The second-order valence-electron chi connectivity index (χ2n) is 5.35. The lowest BCUT2D eigenvalue weighted by Gasteiger charge is -2.38. The van der Waals surface area contributed by atoms with Crippen LogP contribution in [-0.4, -0.2) is 25.0 Å². The van der Waals surface area contributed by atoms with Gasteiger partial charge in [-0.15, -0.1) is 0 Å². The van der Waals surface area contributed by atoms with E-state index in [-0.39, 0.29) is 12.0 Å². The summed E-state index contributed by atoms with van der Waals surface area (Å²) in [5.41, 5.74) is -0.177. The highest BCUT2D eigenvalue weighted by atomic mass is 28.4. The van der Waals surface area contributed by atoms with Crippen molar-refractivity contribution in [2.45, 2.75) is 77.6 Å². The zero-order valence-electron chi connectivity index (χ0n) is 12.0. The lowest BCUT2D eigenvalue weighted by molar-refractivity contribution is -0.137. The van der Waals surface area contributed by atoms with Gasteiger partial charge in [0.05, 0.1) is 5.60 Å². The van der Waals surface area contributed by atoms with Crippen LogP contribution in [0.5, 0.6) is 0 Å². The van der Waals surface area contributed by atoms with Gasteiger partial charge in [0.25, 0.3) is 0 Å². The van der Waals surface area contributed by atoms with E-state index < -0.39 is 14.3 Å². The maximum atomic E-state index is 10.5. The molecule has 3 nitrogen and oxygen atoms in total. The molecule has 0 atom stereocenters. The van der Waals surface area contributed by atoms with Crippen molar-refractivity contribution in [1.82, 2.24) is 0 Å². The summed E-state index contributed by atoms with van der Waals surface area (Å²) in [6, 6.07) is 3.42. The van der Waals surface area contributed by atoms with Crippen molar-refractivity contribution in [3.05, 3.63) is 0 Å². The van der Waals surface area contributed by atoms with Gasteiger partial charge in [-0.25, -0.2) is 0 Å². The van der Waals surface area contributed by atoms with Gasteiger partial charge in [0.1, 0.15) is 0 Å². The Kier molecular flexibility index (Phi) is 7.01. The second kappa shape index (κ2) is 7.16. The highest BCUT2D eigenvalue weighted by molar-refractivity contribution is 6.73. The summed E-state index contributed by atoms with van der Waals surface area (Å²) >= 11 is 0. The lowest BCUT2D eigenvalue weighted by Crippen LogP contribution is -2.44. The van der Waals surface area contributed by atoms with Crippen LogP contribution in [0.4, 0.5) is 0 Å². The molecule has 0 aliphatic rings. The Hall–Kier alpha value is -0.353. The minimum Gasteiger partial charge on any atom is -0.481 e. The van der Waals surface area contributed by atoms with Crippen LogP contribution in [0.25, 0.3) is 0 Å². The summed E-state index contributed by atoms with van der Waals surface area (Å²) in [5, 5.41) is 8.65. The summed E-state index contributed by atoms with van der Waals surface area (Å²) < 4.78 is 6.40. The van der Waals surface area contributed by atoms with E-state index >= 15 is 0 Å². The molecule has 0 saturated heterocycles. The molecule has 0 amide bonds. The van der Waals surface area contributed by atoms with Crippen LogP contribution in [0.1, 0.15) is 53.9 Å². The normalized spacial score (nSPS) is 12.8. The molecule has 0 radical (unpaired) electrons. The predicted octanol–water partition coefficient (Wildman–Crippen LogP) is 4.04. The lowest BCUT2D eigenvalue weighted by atomic mass is 10.0. The van der Waals surface area contributed by atoms with Crippen molar-refractivity contribution in [1.29, 1.82) is 0 Å². The smallest absolute Gasteiger partial charge is 0.303 e. The minimum atomic E-state index is -1.58. The summed E-state index contributed by atoms with van der Waals surface area (Å²) in [5.74, 6) is -0.717. The summed E-state index contributed by atoms with van der Waals surface area (Å²) in [4.78, 5) is 10.5. The van der Waals surface area contributed by atoms with Crippen molar-refractivity contribution >= 4 is 14.3 Å². The third kappa shape index (κ3) is 6.22. The molecule has 102 valence electrons. The maximum absolute atomic E-state index is 10.5. The van der Waals surface area contributed by atoms with Gasteiger partial charge in [0.2, 0.25) is 0 Å². The van der Waals surface area contributed by atoms with Crippen LogP contribution >= 0.6 is 0 Å². The molecular formula is C13H28O3Si. The fourth-order valence-electron chi connectivity index (χ4n) is 2.27. The number of carboxylic acids is 1. The van der Waals surface area contributed by atoms with Crippen molar-refractivity contribution in [3.63, 3.8) is 0 Å². The van der Waals surface area contributed by atoms with Gasteiger partial charge in [0, 0.05) is 6.42 Å². The van der Waals surface area contributed by atoms with E-state index in [0.29, 0.717) is 6.42 Å². The predicted molar refractivity (Wildman–Crippen MR) is 73.8 cm³/mol. The molecule has 0 aliphatic heterocycles. The first kappa shape index (κ1) is 16.6. The number of carboxylic acid groups (broad SMARTS) is 1. The molecule has 0 aromatic carbocycles. The Labute approximate surface area is 107 Å². The van der Waals surface area contributed by atoms with E-state index in [4.69, 9.17) is 9.53 Å². The largest absolute Gasteiger partial charge is 0.481 e. The van der Waals surface area contributed by atoms with Gasteiger partial charge >= 0.3 is 5.97 Å². The first-order valence-corrected chi connectivity index (χ1v) is 9.25. The molecule has 0 aliphatic carbocycles. The van der Waals surface area contributed by atoms with Gasteiger partial charge in [-0.1, -0.05) is 20.8 Å². The molecular weight excluding hydrogens is 232 g/mol. The van der Waals surface area contributed by atoms with E-state index in [1.807, 2.05) is 0 Å². The number of hydrogen-bond donors (Lipinski definition) is 1. The van der Waals surface area contributed by atoms with Gasteiger partial charge in [-0.3, -0.25) is 4.79 Å². The summed E-state index contributed by atoms with van der Waals surface area (Å²) in [6.07, 6.45) is 1.77. The van der Waals surface area contributed by atoms with Crippen molar-refractivity contribution < 1.29 is 14.3 Å². The molecule has 0 saturated carbocycles. The average molecular weight is 260 g/mol. The number of carbonyl (C=O) groups is 1. The van der Waals surface area contributed by atoms with Crippen molar-refractivity contribution in [2.24, 2.45) is 0 Å². The minimum absolute atomic E-state index is 0.177. The molecule has 0 spiro atoms. The Balaban J connectivity index is 4.34. The fourth-order valence-corrected chi connectivity index (χ4v) is 5.48. The third-order valence-corrected chi connectivity index (χ3v) is 8.45. The number of hydrogen-bond acceptors (Lipinski definition) is 2. The van der Waals surface area contributed by atoms with Crippen LogP contribution in [0.3, 0.4) is 0 Å². The Morgan fingerprint density at radius 3 is 2.00 bits per heavy atom. The molecule has 0 aromatic heterocycles. The summed E-state index contributed by atoms with van der Waals surface area (Å²) in [6.45, 7) is 10.8. The van der Waals surface area contributed by atoms with Crippen LogP contribution in [0.15, 0.2) is 0 Å². The molecule has 0 bridgehead atoms. The Bertz CT molecular complexity index is 227. The van der Waals surface area contributed by atoms with Crippen LogP contribution < -0.4 is 0 Å². The zero-order valence-corrected chi connectivity index (χ0v) is 13.0. The molecule has 0 heterocycles. The van der Waals surface area contributed by atoms with Gasteiger partial charge in [0.15, 0.2) is 8.32 Å². The van der Waals surface area contributed by atoms with Crippen molar-refractivity contribution in [3.8, 4) is 0 Å². The van der Waals surface area contributed by atoms with Crippen LogP contribution in [0, 0.1) is 0 Å². The van der Waals surface area contributed by atoms with Crippen LogP contribution in [-0.2, 0) is 9.22 Å². The highest BCUT2D eigenvalue weighted by Gasteiger charge is 2.35. The SMILES string of the molecule is CC[Si](CC)(CC)OC(C)(C)CCCC(=O)O. The molecule has 17 heavy (non-hydrogen) atoms. The van der Waals surface area contributed by atoms with E-state index in [9.17, 15) is 4.79 Å². The molecule has 0 aromatic rings. The Morgan fingerprint density at radius 1 is 1.18 bits per heavy atom. The van der Waals surface area contributed by atoms with Gasteiger partial charge in [-0.2, -0.15) is 0 Å². The van der Waals surface area contributed by atoms with Crippen molar-refractivity contribution in [2.75, 3.05) is 0 Å². The van der Waals surface area contributed by atoms with E-state index in [0.717, 1.165) is 24.6 Å². The first-order valence-electron chi connectivity index (χ1n) is 6.73. The first-order chi connectivity index (χ1) is 7.81. The Morgan fingerprint density at radius 2 is 1.65 bits per heavy atom. The summed E-state index contributed by atoms with van der Waals surface area (Å²) in [7, 11) is -1.58. The molecule has 0 rings (SSSR count). The van der Waals surface area contributed by atoms with Gasteiger partial charge < -0.3 is 9.53 Å². The van der Waals surface area contributed by atoms with Crippen LogP contribution in [0.2, 0.25) is 18.1 Å². The maximum Gasteiger partial charge on any atom is 0.303 e. The van der Waals surface area contributed by atoms with E-state index in [2.05, 4.69) is 34.6 Å². The van der Waals surface area contributed by atoms with E-state index in [1.165, 1.54) is 0 Å². The average Bonchev–Trinajstić information content (AvgIpc) is 2.25. The topological polar surface area (TPSA) is 46.5 Å². The zero-order chi connectivity index (χ0) is 13.5. The molecule has 4 heteroatoms. The second-order valence-corrected chi connectivity index (χ2v) is 10.0. The van der Waals surface area contributed by atoms with E-state index in [1.54, 1.807) is 0 Å². The number of aliphatic carboxylic acids is 1. The van der Waals surface area contributed by atoms with Gasteiger partial charge in [-0.05, 0) is 44.8 Å². The standard InChI is InChI=1S/C13H28O3Si/c1-6-17(7-2,8-3)16-13(4,5)11-9-10-12(14)15/h6-11H2,1-5H3,(H,14,15). The fraction of sp³-hybridized carbons (Fsp3) is 0.923. The monoisotopic (exact) mass is 260 g/mol. The third-order valence-electron chi connectivity index (χ3n) is 3.60. The number of rotatable bonds is 9. The highest BCUT2D eigenvalue weighted by Crippen LogP contribution is 2.30. The quantitative estimate of drug-likeness (QED) is 0.636. The molecule has 0 fully saturated rings. The molecule has 1 N–H and O–H groups in total. The molecule has 0 unspecified atom stereocenters.